The molecule has 0 amide bonds. The lowest BCUT2D eigenvalue weighted by Crippen LogP contribution is -2.42. The van der Waals surface area contributed by atoms with Gasteiger partial charge < -0.3 is 10.3 Å². The van der Waals surface area contributed by atoms with Gasteiger partial charge in [-0.15, -0.1) is 0 Å². The van der Waals surface area contributed by atoms with Crippen molar-refractivity contribution in [2.45, 2.75) is 12.8 Å². The summed E-state index contributed by atoms with van der Waals surface area (Å²) in [5.41, 5.74) is 0.720. The number of H-pyrrole nitrogens is 1. The molecule has 0 unspecified atom stereocenters. The van der Waals surface area contributed by atoms with Gasteiger partial charge in [0.1, 0.15) is 0 Å². The maximum atomic E-state index is 11.7. The number of hydrogen-bond donors (Lipinski definition) is 2. The molecule has 0 spiro atoms. The summed E-state index contributed by atoms with van der Waals surface area (Å²) in [7, 11) is 1.75. The normalized spacial score (nSPS) is 13.9. The first-order valence-electron chi connectivity index (χ1n) is 4.43. The fourth-order valence-corrected chi connectivity index (χ4v) is 1.57. The lowest BCUT2D eigenvalue weighted by molar-refractivity contribution is 1.07. The summed E-state index contributed by atoms with van der Waals surface area (Å²) in [5, 5.41) is 4.63. The average Bonchev–Trinajstić information content (AvgIpc) is 2.19. The number of hydrogen-bond acceptors (Lipinski definition) is 2. The summed E-state index contributed by atoms with van der Waals surface area (Å²) in [6, 6.07) is 0. The Hall–Kier alpha value is -1.51. The van der Waals surface area contributed by atoms with Gasteiger partial charge in [0.05, 0.1) is 5.69 Å². The zero-order chi connectivity index (χ0) is 9.26. The Balaban J connectivity index is 2.86. The molecule has 2 rings (SSSR count). The molecular weight excluding hydrogens is 164 g/mol. The molecule has 13 heavy (non-hydrogen) atoms. The molecule has 1 aliphatic carbocycles. The van der Waals surface area contributed by atoms with E-state index in [1.54, 1.807) is 13.2 Å². The molecule has 0 saturated heterocycles. The van der Waals surface area contributed by atoms with Crippen molar-refractivity contribution in [1.82, 2.24) is 4.98 Å². The third kappa shape index (κ3) is 1.26. The number of pyridine rings is 1. The Labute approximate surface area is 75.8 Å². The fourth-order valence-electron chi connectivity index (χ4n) is 1.57. The van der Waals surface area contributed by atoms with E-state index in [4.69, 9.17) is 0 Å². The molecule has 3 heteroatoms. The Bertz CT molecular complexity index is 485. The van der Waals surface area contributed by atoms with Crippen LogP contribution in [0.4, 0.5) is 5.69 Å². The summed E-state index contributed by atoms with van der Waals surface area (Å²) >= 11 is 0. The molecule has 2 N–H and O–H groups in total. The second-order valence-electron chi connectivity index (χ2n) is 3.09. The molecule has 0 aromatic carbocycles. The van der Waals surface area contributed by atoms with Crippen molar-refractivity contribution < 1.29 is 0 Å². The molecule has 1 aliphatic rings. The van der Waals surface area contributed by atoms with Crippen molar-refractivity contribution in [2.24, 2.45) is 0 Å². The number of anilines is 1. The van der Waals surface area contributed by atoms with Crippen LogP contribution in [0.3, 0.4) is 0 Å². The predicted octanol–water partition coefficient (Wildman–Crippen LogP) is -0.229. The Kier molecular flexibility index (Phi) is 1.93. The van der Waals surface area contributed by atoms with Crippen LogP contribution in [0.15, 0.2) is 11.0 Å². The second kappa shape index (κ2) is 3.09. The van der Waals surface area contributed by atoms with Gasteiger partial charge in [0.25, 0.3) is 0 Å². The van der Waals surface area contributed by atoms with E-state index < -0.39 is 0 Å². The van der Waals surface area contributed by atoms with Crippen LogP contribution in [0.2, 0.25) is 0 Å². The maximum Gasteiger partial charge on any atom is 0.212 e. The van der Waals surface area contributed by atoms with Gasteiger partial charge >= 0.3 is 0 Å². The molecule has 0 aliphatic heterocycles. The zero-order valence-corrected chi connectivity index (χ0v) is 7.55. The molecule has 0 atom stereocenters. The lowest BCUT2D eigenvalue weighted by Gasteiger charge is -2.02. The summed E-state index contributed by atoms with van der Waals surface area (Å²) in [6.45, 7) is 0. The van der Waals surface area contributed by atoms with Gasteiger partial charge in [0.15, 0.2) is 0 Å². The van der Waals surface area contributed by atoms with Crippen LogP contribution in [-0.4, -0.2) is 12.0 Å². The van der Waals surface area contributed by atoms with E-state index in [1.165, 1.54) is 0 Å². The molecule has 1 aromatic heterocycles. The quantitative estimate of drug-likeness (QED) is 0.621. The van der Waals surface area contributed by atoms with E-state index >= 15 is 0 Å². The van der Waals surface area contributed by atoms with Crippen molar-refractivity contribution in [1.29, 1.82) is 0 Å². The predicted molar refractivity (Wildman–Crippen MR) is 54.0 cm³/mol. The molecule has 68 valence electrons. The van der Waals surface area contributed by atoms with Gasteiger partial charge in [-0.25, -0.2) is 0 Å². The van der Waals surface area contributed by atoms with E-state index in [2.05, 4.69) is 16.4 Å². The minimum atomic E-state index is 0.0900. The standard InChI is InChI=1S/C10H12N2O/c1-11-9-6-12-8-5-3-2-4-7(8)10(9)13/h4-6,11-12H,2-3H2,1H3. The summed E-state index contributed by atoms with van der Waals surface area (Å²) in [6.07, 6.45) is 7.76. The number of fused-ring (bicyclic) bond motifs is 1. The Morgan fingerprint density at radius 1 is 1.38 bits per heavy atom. The summed E-state index contributed by atoms with van der Waals surface area (Å²) in [4.78, 5) is 14.8. The molecule has 0 saturated carbocycles. The third-order valence-corrected chi connectivity index (χ3v) is 2.28. The second-order valence-corrected chi connectivity index (χ2v) is 3.09. The van der Waals surface area contributed by atoms with E-state index in [-0.39, 0.29) is 5.43 Å². The number of aromatic nitrogens is 1. The van der Waals surface area contributed by atoms with Crippen molar-refractivity contribution in [3.8, 4) is 0 Å². The van der Waals surface area contributed by atoms with Crippen molar-refractivity contribution in [3.63, 3.8) is 0 Å². The van der Waals surface area contributed by atoms with E-state index in [0.29, 0.717) is 5.69 Å². The maximum absolute atomic E-state index is 11.7. The highest BCUT2D eigenvalue weighted by Gasteiger charge is 2.01. The highest BCUT2D eigenvalue weighted by Crippen LogP contribution is 1.94. The lowest BCUT2D eigenvalue weighted by atomic mass is 10.1. The SMILES string of the molecule is CNc1c[nH]c2c(c1=O)=CCCC=2. The number of rotatable bonds is 1. The van der Waals surface area contributed by atoms with Crippen LogP contribution in [0.1, 0.15) is 12.8 Å². The highest BCUT2D eigenvalue weighted by molar-refractivity contribution is 5.45. The highest BCUT2D eigenvalue weighted by atomic mass is 16.1. The Morgan fingerprint density at radius 3 is 2.92 bits per heavy atom. The van der Waals surface area contributed by atoms with Gasteiger partial charge in [-0.05, 0) is 12.8 Å². The summed E-state index contributed by atoms with van der Waals surface area (Å²) in [5.74, 6) is 0. The van der Waals surface area contributed by atoms with Gasteiger partial charge in [-0.2, -0.15) is 0 Å². The van der Waals surface area contributed by atoms with Crippen molar-refractivity contribution in [2.75, 3.05) is 12.4 Å². The van der Waals surface area contributed by atoms with Crippen LogP contribution in [-0.2, 0) is 0 Å². The molecule has 0 bridgehead atoms. The third-order valence-electron chi connectivity index (χ3n) is 2.28. The Morgan fingerprint density at radius 2 is 2.15 bits per heavy atom. The monoisotopic (exact) mass is 176 g/mol. The fraction of sp³-hybridized carbons (Fsp3) is 0.300. The van der Waals surface area contributed by atoms with E-state index in [1.807, 2.05) is 6.08 Å². The van der Waals surface area contributed by atoms with E-state index in [9.17, 15) is 4.79 Å². The van der Waals surface area contributed by atoms with Crippen LogP contribution in [0, 0.1) is 0 Å². The molecular formula is C10H12N2O. The smallest absolute Gasteiger partial charge is 0.212 e. The van der Waals surface area contributed by atoms with Crippen LogP contribution in [0.25, 0.3) is 12.2 Å². The first-order valence-corrected chi connectivity index (χ1v) is 4.43. The number of nitrogens with one attached hydrogen (secondary N) is 2. The van der Waals surface area contributed by atoms with Gasteiger partial charge in [0, 0.05) is 23.8 Å². The number of aromatic amines is 1. The topological polar surface area (TPSA) is 44.9 Å². The van der Waals surface area contributed by atoms with Gasteiger partial charge in [0.2, 0.25) is 5.43 Å². The van der Waals surface area contributed by atoms with Gasteiger partial charge in [-0.3, -0.25) is 4.79 Å². The van der Waals surface area contributed by atoms with Crippen LogP contribution >= 0.6 is 0 Å². The molecule has 0 radical (unpaired) electrons. The first kappa shape index (κ1) is 8.10. The van der Waals surface area contributed by atoms with E-state index in [0.717, 1.165) is 23.4 Å². The molecule has 1 aromatic rings. The first-order chi connectivity index (χ1) is 6.33. The van der Waals surface area contributed by atoms with Crippen LogP contribution in [0.5, 0.6) is 0 Å². The van der Waals surface area contributed by atoms with Crippen LogP contribution < -0.4 is 21.3 Å². The average molecular weight is 176 g/mol. The zero-order valence-electron chi connectivity index (χ0n) is 7.55. The largest absolute Gasteiger partial charge is 0.384 e. The minimum absolute atomic E-state index is 0.0900. The van der Waals surface area contributed by atoms with Crippen molar-refractivity contribution >= 4 is 17.8 Å². The van der Waals surface area contributed by atoms with Crippen molar-refractivity contribution in [3.05, 3.63) is 27.0 Å². The minimum Gasteiger partial charge on any atom is -0.384 e. The molecule has 0 fully saturated rings. The molecule has 1 heterocycles. The summed E-state index contributed by atoms with van der Waals surface area (Å²) < 4.78 is 0. The van der Waals surface area contributed by atoms with Gasteiger partial charge in [-0.1, -0.05) is 12.2 Å². The molecule has 3 nitrogen and oxygen atoms in total.